The number of fused-ring (bicyclic) bond motifs is 5. The molecular weight excluding hydrogens is 326 g/mol. The maximum Gasteiger partial charge on any atom is 0.146 e. The third-order valence-electron chi connectivity index (χ3n) is 4.45. The Bertz CT molecular complexity index is 835. The molecule has 0 amide bonds. The Morgan fingerprint density at radius 1 is 0.885 bits per heavy atom. The monoisotopic (exact) mass is 349 g/mol. The number of rotatable bonds is 6. The van der Waals surface area contributed by atoms with Crippen molar-refractivity contribution in [2.75, 3.05) is 27.2 Å². The number of para-hydroxylation sites is 2. The van der Waals surface area contributed by atoms with Crippen molar-refractivity contribution in [2.45, 2.75) is 13.0 Å². The van der Waals surface area contributed by atoms with Crippen molar-refractivity contribution in [3.8, 4) is 33.9 Å². The molecule has 1 aliphatic heterocycles. The first-order valence-corrected chi connectivity index (χ1v) is 8.94. The summed E-state index contributed by atoms with van der Waals surface area (Å²) in [6.45, 7) is 2.22. The molecule has 0 saturated heterocycles. The second-order valence-corrected chi connectivity index (χ2v) is 6.76. The minimum atomic E-state index is 0.478. The molecule has 3 aromatic rings. The largest absolute Gasteiger partial charge is 0.458 e. The fourth-order valence-corrected chi connectivity index (χ4v) is 3.21. The van der Waals surface area contributed by atoms with Gasteiger partial charge in [-0.15, -0.1) is 0 Å². The summed E-state index contributed by atoms with van der Waals surface area (Å²) in [5.41, 5.74) is 3.07. The molecule has 0 spiro atoms. The molecule has 0 N–H and O–H groups in total. The highest BCUT2D eigenvalue weighted by atomic mass is 16.5. The molecule has 26 heavy (non-hydrogen) atoms. The molecule has 1 aliphatic rings. The molecule has 134 valence electrons. The molecular formula is C22H23NO3. The lowest BCUT2D eigenvalue weighted by molar-refractivity contribution is 0.0998. The Morgan fingerprint density at radius 3 is 2.35 bits per heavy atom. The summed E-state index contributed by atoms with van der Waals surface area (Å²) in [6, 6.07) is 18.1. The summed E-state index contributed by atoms with van der Waals surface area (Å²) < 4.78 is 18.1. The van der Waals surface area contributed by atoms with Crippen molar-refractivity contribution in [2.24, 2.45) is 0 Å². The molecule has 0 saturated carbocycles. The van der Waals surface area contributed by atoms with Crippen LogP contribution in [-0.2, 0) is 11.3 Å². The molecule has 0 unspecified atom stereocenters. The number of ether oxygens (including phenoxy) is 2. The lowest BCUT2D eigenvalue weighted by atomic mass is 10.0. The highest BCUT2D eigenvalue weighted by Crippen LogP contribution is 2.47. The first kappa shape index (κ1) is 16.9. The van der Waals surface area contributed by atoms with Crippen molar-refractivity contribution >= 4 is 0 Å². The van der Waals surface area contributed by atoms with E-state index in [1.807, 2.05) is 42.5 Å². The zero-order valence-corrected chi connectivity index (χ0v) is 15.2. The Kier molecular flexibility index (Phi) is 4.78. The summed E-state index contributed by atoms with van der Waals surface area (Å²) in [5.74, 6) is 3.34. The minimum absolute atomic E-state index is 0.478. The zero-order valence-electron chi connectivity index (χ0n) is 15.2. The second kappa shape index (κ2) is 7.36. The normalized spacial score (nSPS) is 12.1. The van der Waals surface area contributed by atoms with Crippen LogP contribution in [0.2, 0.25) is 0 Å². The van der Waals surface area contributed by atoms with E-state index in [1.165, 1.54) is 0 Å². The van der Waals surface area contributed by atoms with E-state index < -0.39 is 0 Å². The Hall–Kier alpha value is -2.56. The van der Waals surface area contributed by atoms with Crippen LogP contribution in [0, 0.1) is 0 Å². The van der Waals surface area contributed by atoms with Crippen molar-refractivity contribution in [1.82, 2.24) is 4.90 Å². The smallest absolute Gasteiger partial charge is 0.146 e. The lowest BCUT2D eigenvalue weighted by Crippen LogP contribution is -2.14. The van der Waals surface area contributed by atoms with E-state index in [2.05, 4.69) is 31.1 Å². The van der Waals surface area contributed by atoms with Gasteiger partial charge < -0.3 is 18.8 Å². The average molecular weight is 349 g/mol. The molecule has 1 aromatic heterocycles. The fourth-order valence-electron chi connectivity index (χ4n) is 3.21. The van der Waals surface area contributed by atoms with Gasteiger partial charge in [-0.05, 0) is 51.3 Å². The molecule has 4 nitrogen and oxygen atoms in total. The van der Waals surface area contributed by atoms with Crippen molar-refractivity contribution < 1.29 is 13.9 Å². The molecule has 0 fully saturated rings. The Labute approximate surface area is 154 Å². The number of hydrogen-bond donors (Lipinski definition) is 0. The first-order valence-electron chi connectivity index (χ1n) is 8.94. The number of furan rings is 1. The van der Waals surface area contributed by atoms with Crippen LogP contribution in [0.5, 0.6) is 11.5 Å². The van der Waals surface area contributed by atoms with Gasteiger partial charge in [0.25, 0.3) is 0 Å². The van der Waals surface area contributed by atoms with Gasteiger partial charge in [0.15, 0.2) is 0 Å². The first-order chi connectivity index (χ1) is 12.7. The topological polar surface area (TPSA) is 34.8 Å². The van der Waals surface area contributed by atoms with E-state index in [-0.39, 0.29) is 0 Å². The van der Waals surface area contributed by atoms with Gasteiger partial charge in [-0.1, -0.05) is 30.3 Å². The van der Waals surface area contributed by atoms with E-state index in [1.54, 1.807) is 0 Å². The minimum Gasteiger partial charge on any atom is -0.458 e. The maximum atomic E-state index is 6.18. The molecule has 0 bridgehead atoms. The van der Waals surface area contributed by atoms with Crippen molar-refractivity contribution in [1.29, 1.82) is 0 Å². The molecule has 0 radical (unpaired) electrons. The van der Waals surface area contributed by atoms with Gasteiger partial charge in [0.2, 0.25) is 0 Å². The summed E-state index contributed by atoms with van der Waals surface area (Å²) in [7, 11) is 4.14. The van der Waals surface area contributed by atoms with Gasteiger partial charge in [-0.2, -0.15) is 0 Å². The van der Waals surface area contributed by atoms with Crippen molar-refractivity contribution in [3.63, 3.8) is 0 Å². The summed E-state index contributed by atoms with van der Waals surface area (Å²) in [5, 5.41) is 0. The number of hydrogen-bond acceptors (Lipinski definition) is 4. The standard InChI is InChI=1S/C22H23NO3/c1-23(2)12-7-13-24-15-16-14-19-17-8-3-5-10-20(17)26-21-11-6-4-9-18(21)22(19)25-16/h3-6,8-11,14H,7,12-13,15H2,1-2H3. The third kappa shape index (κ3) is 3.39. The zero-order chi connectivity index (χ0) is 17.9. The summed E-state index contributed by atoms with van der Waals surface area (Å²) in [6.07, 6.45) is 1.01. The van der Waals surface area contributed by atoms with Crippen LogP contribution in [0.25, 0.3) is 22.5 Å². The van der Waals surface area contributed by atoms with Crippen LogP contribution in [0.1, 0.15) is 12.2 Å². The van der Waals surface area contributed by atoms with E-state index in [4.69, 9.17) is 13.9 Å². The predicted molar refractivity (Wildman–Crippen MR) is 102 cm³/mol. The lowest BCUT2D eigenvalue weighted by Gasteiger charge is -2.09. The molecule has 0 atom stereocenters. The van der Waals surface area contributed by atoms with E-state index in [9.17, 15) is 0 Å². The second-order valence-electron chi connectivity index (χ2n) is 6.76. The van der Waals surface area contributed by atoms with Gasteiger partial charge in [-0.3, -0.25) is 0 Å². The van der Waals surface area contributed by atoms with Gasteiger partial charge in [0, 0.05) is 17.7 Å². The third-order valence-corrected chi connectivity index (χ3v) is 4.45. The molecule has 4 heteroatoms. The number of benzene rings is 2. The van der Waals surface area contributed by atoms with Crippen LogP contribution < -0.4 is 4.74 Å². The highest BCUT2D eigenvalue weighted by Gasteiger charge is 2.24. The average Bonchev–Trinajstić information content (AvgIpc) is 3.01. The molecule has 2 aromatic carbocycles. The highest BCUT2D eigenvalue weighted by molar-refractivity contribution is 5.87. The van der Waals surface area contributed by atoms with Crippen LogP contribution in [0.15, 0.2) is 59.0 Å². The Balaban J connectivity index is 1.62. The maximum absolute atomic E-state index is 6.18. The summed E-state index contributed by atoms with van der Waals surface area (Å²) >= 11 is 0. The predicted octanol–water partition coefficient (Wildman–Crippen LogP) is 5.19. The molecule has 2 heterocycles. The van der Waals surface area contributed by atoms with Gasteiger partial charge in [0.05, 0.1) is 5.56 Å². The van der Waals surface area contributed by atoms with E-state index in [0.29, 0.717) is 6.61 Å². The van der Waals surface area contributed by atoms with Crippen molar-refractivity contribution in [3.05, 3.63) is 60.4 Å². The quantitative estimate of drug-likeness (QED) is 0.449. The molecule has 0 aliphatic carbocycles. The summed E-state index contributed by atoms with van der Waals surface area (Å²) in [4.78, 5) is 2.16. The Morgan fingerprint density at radius 2 is 1.58 bits per heavy atom. The SMILES string of the molecule is CN(C)CCCOCc1cc2c(o1)-c1ccccc1Oc1ccccc1-2. The van der Waals surface area contributed by atoms with Gasteiger partial charge in [-0.25, -0.2) is 0 Å². The van der Waals surface area contributed by atoms with E-state index in [0.717, 1.165) is 59.3 Å². The van der Waals surface area contributed by atoms with Gasteiger partial charge in [0.1, 0.15) is 29.6 Å². The number of nitrogens with zero attached hydrogens (tertiary/aromatic N) is 1. The van der Waals surface area contributed by atoms with E-state index >= 15 is 0 Å². The van der Waals surface area contributed by atoms with Crippen LogP contribution in [-0.4, -0.2) is 32.1 Å². The van der Waals surface area contributed by atoms with Crippen LogP contribution in [0.4, 0.5) is 0 Å². The van der Waals surface area contributed by atoms with Gasteiger partial charge >= 0.3 is 0 Å². The van der Waals surface area contributed by atoms with Crippen LogP contribution in [0.3, 0.4) is 0 Å². The molecule has 4 rings (SSSR count). The van der Waals surface area contributed by atoms with Crippen LogP contribution >= 0.6 is 0 Å². The fraction of sp³-hybridized carbons (Fsp3) is 0.273.